The third-order valence-corrected chi connectivity index (χ3v) is 6.67. The molecule has 2 rings (SSSR count). The Morgan fingerprint density at radius 2 is 1.88 bits per heavy atom. The summed E-state index contributed by atoms with van der Waals surface area (Å²) < 4.78 is 6.71. The molecule has 5 nitrogen and oxygen atoms in total. The second kappa shape index (κ2) is 13.1. The Kier molecular flexibility index (Phi) is 10.8. The van der Waals surface area contributed by atoms with Crippen LogP contribution in [0, 0.1) is 6.92 Å². The zero-order valence-electron chi connectivity index (χ0n) is 18.6. The van der Waals surface area contributed by atoms with Crippen molar-refractivity contribution in [1.29, 1.82) is 0 Å². The SMILES string of the molecule is CCCCNC(=O)[C@@H](CC)N(Cc1ccc(Cl)c(Cl)c1)C(=O)COc1ccc(Br)c(C)c1. The molecule has 8 heteroatoms. The Morgan fingerprint density at radius 1 is 1.12 bits per heavy atom. The van der Waals surface area contributed by atoms with Crippen molar-refractivity contribution in [2.75, 3.05) is 13.2 Å². The smallest absolute Gasteiger partial charge is 0.261 e. The molecule has 0 radical (unpaired) electrons. The number of unbranched alkanes of at least 4 members (excludes halogenated alkanes) is 1. The van der Waals surface area contributed by atoms with E-state index in [2.05, 4.69) is 28.2 Å². The van der Waals surface area contributed by atoms with Crippen LogP contribution in [0.2, 0.25) is 10.0 Å². The van der Waals surface area contributed by atoms with Crippen molar-refractivity contribution in [3.63, 3.8) is 0 Å². The van der Waals surface area contributed by atoms with E-state index in [1.165, 1.54) is 0 Å². The van der Waals surface area contributed by atoms with Crippen LogP contribution in [-0.2, 0) is 16.1 Å². The fourth-order valence-corrected chi connectivity index (χ4v) is 3.76. The molecule has 0 aromatic heterocycles. The topological polar surface area (TPSA) is 58.6 Å². The van der Waals surface area contributed by atoms with E-state index < -0.39 is 6.04 Å². The monoisotopic (exact) mass is 542 g/mol. The molecule has 0 unspecified atom stereocenters. The number of rotatable bonds is 11. The summed E-state index contributed by atoms with van der Waals surface area (Å²) in [6, 6.07) is 10.1. The number of ether oxygens (including phenoxy) is 1. The van der Waals surface area contributed by atoms with Crippen molar-refractivity contribution in [2.45, 2.75) is 52.6 Å². The number of aryl methyl sites for hydroxylation is 1. The first-order valence-corrected chi connectivity index (χ1v) is 12.2. The summed E-state index contributed by atoms with van der Waals surface area (Å²) in [6.07, 6.45) is 2.33. The lowest BCUT2D eigenvalue weighted by Gasteiger charge is -2.30. The average Bonchev–Trinajstić information content (AvgIpc) is 2.76. The maximum Gasteiger partial charge on any atom is 0.261 e. The van der Waals surface area contributed by atoms with Crippen molar-refractivity contribution in [2.24, 2.45) is 0 Å². The van der Waals surface area contributed by atoms with Gasteiger partial charge in [-0.2, -0.15) is 0 Å². The minimum Gasteiger partial charge on any atom is -0.484 e. The third kappa shape index (κ3) is 7.68. The van der Waals surface area contributed by atoms with Crippen LogP contribution in [0.15, 0.2) is 40.9 Å². The zero-order valence-corrected chi connectivity index (χ0v) is 21.7. The number of carbonyl (C=O) groups is 2. The minimum atomic E-state index is -0.621. The van der Waals surface area contributed by atoms with Crippen molar-refractivity contribution in [3.8, 4) is 5.75 Å². The number of carbonyl (C=O) groups excluding carboxylic acids is 2. The van der Waals surface area contributed by atoms with E-state index >= 15 is 0 Å². The fraction of sp³-hybridized carbons (Fsp3) is 0.417. The molecule has 2 aromatic rings. The molecule has 2 aromatic carbocycles. The van der Waals surface area contributed by atoms with Gasteiger partial charge >= 0.3 is 0 Å². The van der Waals surface area contributed by atoms with Gasteiger partial charge in [0.15, 0.2) is 6.61 Å². The first kappa shape index (κ1) is 26.5. The number of benzene rings is 2. The molecule has 1 N–H and O–H groups in total. The average molecular weight is 544 g/mol. The summed E-state index contributed by atoms with van der Waals surface area (Å²) >= 11 is 15.7. The molecule has 0 saturated heterocycles. The predicted molar refractivity (Wildman–Crippen MR) is 133 cm³/mol. The molecule has 0 spiro atoms. The minimum absolute atomic E-state index is 0.172. The van der Waals surface area contributed by atoms with Crippen molar-refractivity contribution in [1.82, 2.24) is 10.2 Å². The van der Waals surface area contributed by atoms with E-state index in [4.69, 9.17) is 27.9 Å². The molecule has 0 aliphatic heterocycles. The van der Waals surface area contributed by atoms with Gasteiger partial charge in [-0.1, -0.05) is 65.5 Å². The van der Waals surface area contributed by atoms with Crippen LogP contribution in [0.25, 0.3) is 0 Å². The van der Waals surface area contributed by atoms with Crippen LogP contribution < -0.4 is 10.1 Å². The van der Waals surface area contributed by atoms with Gasteiger partial charge in [-0.15, -0.1) is 0 Å². The van der Waals surface area contributed by atoms with Crippen LogP contribution in [0.4, 0.5) is 0 Å². The summed E-state index contributed by atoms with van der Waals surface area (Å²) in [4.78, 5) is 27.6. The number of nitrogens with zero attached hydrogens (tertiary/aromatic N) is 1. The Hall–Kier alpha value is -1.76. The van der Waals surface area contributed by atoms with Gasteiger partial charge in [-0.3, -0.25) is 9.59 Å². The van der Waals surface area contributed by atoms with Crippen LogP contribution in [-0.4, -0.2) is 35.9 Å². The standard InChI is InChI=1S/C24H29BrCl2N2O3/c1-4-6-11-28-24(31)22(5-2)29(14-17-7-10-20(26)21(27)13-17)23(30)15-32-18-8-9-19(25)16(3)12-18/h7-10,12-13,22H,4-6,11,14-15H2,1-3H3,(H,28,31)/t22-/m1/s1. The summed E-state index contributed by atoms with van der Waals surface area (Å²) in [6.45, 7) is 6.51. The number of amides is 2. The van der Waals surface area contributed by atoms with E-state index in [0.717, 1.165) is 28.4 Å². The maximum atomic E-state index is 13.2. The van der Waals surface area contributed by atoms with Gasteiger partial charge in [0.05, 0.1) is 10.0 Å². The van der Waals surface area contributed by atoms with Gasteiger partial charge in [-0.05, 0) is 61.2 Å². The Balaban J connectivity index is 2.21. The molecule has 0 bridgehead atoms. The molecular formula is C24H29BrCl2N2O3. The Bertz CT molecular complexity index is 939. The lowest BCUT2D eigenvalue weighted by molar-refractivity contribution is -0.143. The third-order valence-electron chi connectivity index (χ3n) is 5.04. The molecule has 2 amide bonds. The van der Waals surface area contributed by atoms with Crippen LogP contribution in [0.1, 0.15) is 44.2 Å². The molecule has 0 saturated carbocycles. The molecular weight excluding hydrogens is 515 g/mol. The largest absolute Gasteiger partial charge is 0.484 e. The van der Waals surface area contributed by atoms with Gasteiger partial charge in [0.25, 0.3) is 5.91 Å². The second-order valence-electron chi connectivity index (χ2n) is 7.54. The summed E-state index contributed by atoms with van der Waals surface area (Å²) in [5, 5.41) is 3.78. The van der Waals surface area contributed by atoms with Gasteiger partial charge in [-0.25, -0.2) is 0 Å². The maximum absolute atomic E-state index is 13.2. The zero-order chi connectivity index (χ0) is 23.7. The molecule has 32 heavy (non-hydrogen) atoms. The highest BCUT2D eigenvalue weighted by molar-refractivity contribution is 9.10. The summed E-state index contributed by atoms with van der Waals surface area (Å²) in [7, 11) is 0. The number of hydrogen-bond donors (Lipinski definition) is 1. The van der Waals surface area contributed by atoms with Crippen molar-refractivity contribution < 1.29 is 14.3 Å². The summed E-state index contributed by atoms with van der Waals surface area (Å²) in [5.41, 5.74) is 1.79. The lowest BCUT2D eigenvalue weighted by Crippen LogP contribution is -2.50. The molecule has 174 valence electrons. The van der Waals surface area contributed by atoms with Crippen molar-refractivity contribution >= 4 is 50.9 Å². The molecule has 0 aliphatic carbocycles. The summed E-state index contributed by atoms with van der Waals surface area (Å²) in [5.74, 6) is 0.136. The van der Waals surface area contributed by atoms with Crippen molar-refractivity contribution in [3.05, 3.63) is 62.0 Å². The highest BCUT2D eigenvalue weighted by Gasteiger charge is 2.29. The van der Waals surface area contributed by atoms with Gasteiger partial charge < -0.3 is 15.0 Å². The first-order valence-electron chi connectivity index (χ1n) is 10.7. The molecule has 0 aliphatic rings. The van der Waals surface area contributed by atoms with Gasteiger partial charge in [0.1, 0.15) is 11.8 Å². The molecule has 0 heterocycles. The highest BCUT2D eigenvalue weighted by atomic mass is 79.9. The van der Waals surface area contributed by atoms with E-state index in [1.54, 1.807) is 29.2 Å². The highest BCUT2D eigenvalue weighted by Crippen LogP contribution is 2.25. The van der Waals surface area contributed by atoms with E-state index in [0.29, 0.717) is 28.8 Å². The Labute approximate surface area is 208 Å². The predicted octanol–water partition coefficient (Wildman–Crippen LogP) is 6.17. The normalized spacial score (nSPS) is 11.7. The van der Waals surface area contributed by atoms with Gasteiger partial charge in [0.2, 0.25) is 5.91 Å². The second-order valence-corrected chi connectivity index (χ2v) is 9.21. The van der Waals surface area contributed by atoms with Crippen LogP contribution >= 0.6 is 39.1 Å². The van der Waals surface area contributed by atoms with E-state index in [1.807, 2.05) is 26.0 Å². The van der Waals surface area contributed by atoms with Gasteiger partial charge in [0, 0.05) is 17.6 Å². The number of nitrogens with one attached hydrogen (secondary N) is 1. The van der Waals surface area contributed by atoms with E-state index in [-0.39, 0.29) is 25.0 Å². The number of halogens is 3. The number of hydrogen-bond acceptors (Lipinski definition) is 3. The quantitative estimate of drug-likeness (QED) is 0.345. The fourth-order valence-electron chi connectivity index (χ4n) is 3.20. The van der Waals surface area contributed by atoms with Crippen LogP contribution in [0.5, 0.6) is 5.75 Å². The first-order chi connectivity index (χ1) is 15.3. The van der Waals surface area contributed by atoms with Crippen LogP contribution in [0.3, 0.4) is 0 Å². The molecule has 1 atom stereocenters. The lowest BCUT2D eigenvalue weighted by atomic mass is 10.1. The van der Waals surface area contributed by atoms with E-state index in [9.17, 15) is 9.59 Å². The molecule has 0 fully saturated rings. The Morgan fingerprint density at radius 3 is 2.50 bits per heavy atom.